The predicted molar refractivity (Wildman–Crippen MR) is 116 cm³/mol. The molecular weight excluding hydrogens is 418 g/mol. The number of nitrogens with one attached hydrogen (secondary N) is 1. The fourth-order valence-electron chi connectivity index (χ4n) is 3.95. The smallest absolute Gasteiger partial charge is 0.322 e. The van der Waals surface area contributed by atoms with Gasteiger partial charge in [-0.15, -0.1) is 0 Å². The molecule has 0 bridgehead atoms. The molecule has 2 unspecified atom stereocenters. The maximum atomic E-state index is 12.3. The van der Waals surface area contributed by atoms with Crippen LogP contribution in [0, 0.1) is 0 Å². The number of carbonyl (C=O) groups is 3. The molecule has 10 nitrogen and oxygen atoms in total. The third-order valence-corrected chi connectivity index (χ3v) is 6.02. The molecule has 1 aromatic rings. The normalized spacial score (nSPS) is 21.8. The Morgan fingerprint density at radius 2 is 1.41 bits per heavy atom. The zero-order chi connectivity index (χ0) is 23.9. The number of hydrogen-bond donors (Lipinski definition) is 2. The van der Waals surface area contributed by atoms with Crippen LogP contribution in [0.5, 0.6) is 5.75 Å². The van der Waals surface area contributed by atoms with Crippen molar-refractivity contribution < 1.29 is 33.7 Å². The standard InChI is InChI=1S/C22H33N3O7/c1-15(20(28)31-4)24-10-11-25(16(2)21(29)32-5)14-22(13-24,23-12-19(27)30-3)17-6-8-18(26)9-7-17/h6-9,15-16,23,26H,10-14H2,1-5H3. The van der Waals surface area contributed by atoms with Crippen LogP contribution in [0.1, 0.15) is 19.4 Å². The second-order valence-corrected chi connectivity index (χ2v) is 7.90. The number of ether oxygens (including phenoxy) is 3. The van der Waals surface area contributed by atoms with Crippen LogP contribution in [0.3, 0.4) is 0 Å². The van der Waals surface area contributed by atoms with Gasteiger partial charge in [0.2, 0.25) is 0 Å². The molecule has 1 heterocycles. The highest BCUT2D eigenvalue weighted by Gasteiger charge is 2.43. The molecule has 1 aromatic carbocycles. The van der Waals surface area contributed by atoms with Crippen molar-refractivity contribution in [2.75, 3.05) is 54.1 Å². The van der Waals surface area contributed by atoms with E-state index in [4.69, 9.17) is 14.2 Å². The van der Waals surface area contributed by atoms with Gasteiger partial charge in [0.25, 0.3) is 0 Å². The van der Waals surface area contributed by atoms with Crippen molar-refractivity contribution in [3.8, 4) is 5.75 Å². The minimum Gasteiger partial charge on any atom is -0.508 e. The van der Waals surface area contributed by atoms with Crippen molar-refractivity contribution in [1.82, 2.24) is 15.1 Å². The van der Waals surface area contributed by atoms with Crippen molar-refractivity contribution >= 4 is 17.9 Å². The van der Waals surface area contributed by atoms with Gasteiger partial charge in [-0.2, -0.15) is 0 Å². The maximum absolute atomic E-state index is 12.3. The Kier molecular flexibility index (Phi) is 8.99. The van der Waals surface area contributed by atoms with Crippen molar-refractivity contribution in [3.05, 3.63) is 29.8 Å². The maximum Gasteiger partial charge on any atom is 0.322 e. The lowest BCUT2D eigenvalue weighted by molar-refractivity contribution is -0.147. The van der Waals surface area contributed by atoms with E-state index in [-0.39, 0.29) is 24.2 Å². The number of methoxy groups -OCH3 is 3. The molecule has 0 aliphatic carbocycles. The fourth-order valence-corrected chi connectivity index (χ4v) is 3.95. The van der Waals surface area contributed by atoms with E-state index in [1.165, 1.54) is 21.3 Å². The number of carbonyl (C=O) groups excluding carboxylic acids is 3. The highest BCUT2D eigenvalue weighted by Crippen LogP contribution is 2.30. The summed E-state index contributed by atoms with van der Waals surface area (Å²) >= 11 is 0. The van der Waals surface area contributed by atoms with Crippen LogP contribution in [0.25, 0.3) is 0 Å². The van der Waals surface area contributed by atoms with Crippen LogP contribution in [0.15, 0.2) is 24.3 Å². The molecule has 0 radical (unpaired) electrons. The molecule has 0 saturated carbocycles. The number of aromatic hydroxyl groups is 1. The van der Waals surface area contributed by atoms with Crippen molar-refractivity contribution in [3.63, 3.8) is 0 Å². The van der Waals surface area contributed by atoms with Gasteiger partial charge in [-0.05, 0) is 31.5 Å². The molecule has 2 atom stereocenters. The number of phenolic OH excluding ortho intramolecular Hbond substituents is 1. The first-order chi connectivity index (χ1) is 15.2. The Balaban J connectivity index is 2.54. The van der Waals surface area contributed by atoms with Gasteiger partial charge in [-0.25, -0.2) is 0 Å². The Bertz CT molecular complexity index is 767. The minimum absolute atomic E-state index is 0.0851. The number of hydrogen-bond acceptors (Lipinski definition) is 10. The van der Waals surface area contributed by atoms with E-state index in [0.717, 1.165) is 5.56 Å². The second-order valence-electron chi connectivity index (χ2n) is 7.90. The molecular formula is C22H33N3O7. The molecule has 0 amide bonds. The van der Waals surface area contributed by atoms with Crippen molar-refractivity contribution in [1.29, 1.82) is 0 Å². The van der Waals surface area contributed by atoms with Gasteiger partial charge in [0, 0.05) is 26.2 Å². The van der Waals surface area contributed by atoms with E-state index in [0.29, 0.717) is 26.2 Å². The lowest BCUT2D eigenvalue weighted by Crippen LogP contribution is -2.58. The van der Waals surface area contributed by atoms with Crippen LogP contribution < -0.4 is 5.32 Å². The Hall–Kier alpha value is -2.69. The SMILES string of the molecule is COC(=O)CNC1(c2ccc(O)cc2)CN(C(C)C(=O)OC)CCN(C(C)C(=O)OC)C1. The van der Waals surface area contributed by atoms with E-state index in [1.807, 2.05) is 9.80 Å². The second kappa shape index (κ2) is 11.3. The van der Waals surface area contributed by atoms with E-state index >= 15 is 0 Å². The average molecular weight is 452 g/mol. The molecule has 2 N–H and O–H groups in total. The molecule has 0 aromatic heterocycles. The number of esters is 3. The van der Waals surface area contributed by atoms with Gasteiger partial charge in [0.1, 0.15) is 17.8 Å². The number of nitrogens with zero attached hydrogens (tertiary/aromatic N) is 2. The molecule has 1 fully saturated rings. The van der Waals surface area contributed by atoms with Crippen LogP contribution >= 0.6 is 0 Å². The van der Waals surface area contributed by atoms with Crippen LogP contribution in [0.2, 0.25) is 0 Å². The predicted octanol–water partition coefficient (Wildman–Crippen LogP) is 0.0907. The Morgan fingerprint density at radius 3 is 1.81 bits per heavy atom. The Labute approximate surface area is 188 Å². The van der Waals surface area contributed by atoms with E-state index in [1.54, 1.807) is 38.1 Å². The van der Waals surface area contributed by atoms with Gasteiger partial charge in [-0.1, -0.05) is 12.1 Å². The number of benzene rings is 1. The zero-order valence-corrected chi connectivity index (χ0v) is 19.3. The van der Waals surface area contributed by atoms with Crippen molar-refractivity contribution in [2.45, 2.75) is 31.5 Å². The minimum atomic E-state index is -0.872. The molecule has 1 aliphatic rings. The molecule has 178 valence electrons. The summed E-state index contributed by atoms with van der Waals surface area (Å²) in [6, 6.07) is 5.53. The lowest BCUT2D eigenvalue weighted by atomic mass is 9.87. The monoisotopic (exact) mass is 451 g/mol. The van der Waals surface area contributed by atoms with Gasteiger partial charge in [0.15, 0.2) is 0 Å². The first kappa shape index (κ1) is 25.6. The van der Waals surface area contributed by atoms with Crippen LogP contribution in [-0.2, 0) is 34.1 Å². The van der Waals surface area contributed by atoms with Crippen molar-refractivity contribution in [2.24, 2.45) is 0 Å². The first-order valence-corrected chi connectivity index (χ1v) is 10.4. The van der Waals surface area contributed by atoms with Gasteiger partial charge in [0.05, 0.1) is 33.4 Å². The molecule has 1 saturated heterocycles. The quantitative estimate of drug-likeness (QED) is 0.416. The third-order valence-electron chi connectivity index (χ3n) is 6.02. The van der Waals surface area contributed by atoms with E-state index in [2.05, 4.69) is 5.32 Å². The van der Waals surface area contributed by atoms with E-state index in [9.17, 15) is 19.5 Å². The molecule has 0 spiro atoms. The molecule has 10 heteroatoms. The summed E-state index contributed by atoms with van der Waals surface area (Å²) in [5, 5.41) is 13.1. The summed E-state index contributed by atoms with van der Waals surface area (Å²) < 4.78 is 14.7. The largest absolute Gasteiger partial charge is 0.508 e. The number of rotatable bonds is 8. The van der Waals surface area contributed by atoms with Gasteiger partial charge >= 0.3 is 17.9 Å². The topological polar surface area (TPSA) is 118 Å². The lowest BCUT2D eigenvalue weighted by Gasteiger charge is -2.40. The van der Waals surface area contributed by atoms with Gasteiger partial charge in [-0.3, -0.25) is 29.5 Å². The summed E-state index contributed by atoms with van der Waals surface area (Å²) in [7, 11) is 3.98. The molecule has 2 rings (SSSR count). The number of phenols is 1. The highest BCUT2D eigenvalue weighted by atomic mass is 16.5. The third kappa shape index (κ3) is 5.96. The summed E-state index contributed by atoms with van der Waals surface area (Å²) in [5.41, 5.74) is -0.0894. The molecule has 32 heavy (non-hydrogen) atoms. The average Bonchev–Trinajstić information content (AvgIpc) is 3.01. The molecule has 1 aliphatic heterocycles. The van der Waals surface area contributed by atoms with Crippen LogP contribution in [0.4, 0.5) is 0 Å². The highest BCUT2D eigenvalue weighted by molar-refractivity contribution is 5.76. The first-order valence-electron chi connectivity index (χ1n) is 10.4. The summed E-state index contributed by atoms with van der Waals surface area (Å²) in [6.07, 6.45) is 0. The zero-order valence-electron chi connectivity index (χ0n) is 19.3. The summed E-state index contributed by atoms with van der Waals surface area (Å²) in [6.45, 7) is 5.08. The van der Waals surface area contributed by atoms with E-state index < -0.39 is 23.6 Å². The summed E-state index contributed by atoms with van der Waals surface area (Å²) in [5.74, 6) is -1.11. The van der Waals surface area contributed by atoms with Gasteiger partial charge < -0.3 is 19.3 Å². The summed E-state index contributed by atoms with van der Waals surface area (Å²) in [4.78, 5) is 40.5. The fraction of sp³-hybridized carbons (Fsp3) is 0.591. The van der Waals surface area contributed by atoms with Crippen LogP contribution in [-0.4, -0.2) is 99.0 Å². The Morgan fingerprint density at radius 1 is 0.938 bits per heavy atom.